The zero-order valence-corrected chi connectivity index (χ0v) is 25.3. The van der Waals surface area contributed by atoms with Crippen LogP contribution >= 0.6 is 0 Å². The number of hydrogen-bond acceptors (Lipinski definition) is 4. The lowest BCUT2D eigenvalue weighted by Crippen LogP contribution is -2.41. The van der Waals surface area contributed by atoms with E-state index in [9.17, 15) is 19.5 Å². The van der Waals surface area contributed by atoms with Gasteiger partial charge in [0.1, 0.15) is 11.3 Å². The summed E-state index contributed by atoms with van der Waals surface area (Å²) in [7, 11) is 0. The van der Waals surface area contributed by atoms with Gasteiger partial charge >= 0.3 is 5.97 Å². The Balaban J connectivity index is 1.66. The fraction of sp³-hybridized carbons (Fsp3) is 0.306. The maximum absolute atomic E-state index is 14.2. The molecule has 0 unspecified atom stereocenters. The molecule has 6 nitrogen and oxygen atoms in total. The van der Waals surface area contributed by atoms with Gasteiger partial charge in [-0.25, -0.2) is 9.69 Å². The van der Waals surface area contributed by atoms with Gasteiger partial charge in [-0.05, 0) is 51.6 Å². The van der Waals surface area contributed by atoms with Gasteiger partial charge in [-0.1, -0.05) is 91.8 Å². The second-order valence-electron chi connectivity index (χ2n) is 14.0. The second kappa shape index (κ2) is 8.78. The number of carboxylic acids is 1. The molecule has 0 saturated heterocycles. The fourth-order valence-corrected chi connectivity index (χ4v) is 6.08. The van der Waals surface area contributed by atoms with Crippen molar-refractivity contribution in [3.8, 4) is 11.5 Å². The summed E-state index contributed by atoms with van der Waals surface area (Å²) >= 11 is 0. The van der Waals surface area contributed by atoms with Gasteiger partial charge in [-0.3, -0.25) is 9.59 Å². The normalized spacial score (nSPS) is 15.8. The number of nitrogens with zero attached hydrogens (tertiary/aromatic N) is 1. The Bertz CT molecular complexity index is 1820. The van der Waals surface area contributed by atoms with E-state index in [-0.39, 0.29) is 22.1 Å². The smallest absolute Gasteiger partial charge is 0.339 e. The van der Waals surface area contributed by atoms with Gasteiger partial charge in [0.25, 0.3) is 11.8 Å². The number of carbonyl (C=O) groups is 3. The number of fused-ring (bicyclic) bond motifs is 2. The van der Waals surface area contributed by atoms with Crippen molar-refractivity contribution in [2.75, 3.05) is 4.90 Å². The number of benzene rings is 4. The molecular weight excluding hydrogens is 526 g/mol. The fourth-order valence-electron chi connectivity index (χ4n) is 6.08. The number of rotatable bonds is 2. The molecule has 2 heterocycles. The van der Waals surface area contributed by atoms with Crippen molar-refractivity contribution in [2.45, 2.75) is 71.6 Å². The third-order valence-corrected chi connectivity index (χ3v) is 8.68. The first-order valence-corrected chi connectivity index (χ1v) is 14.2. The van der Waals surface area contributed by atoms with Crippen LogP contribution in [0.1, 0.15) is 109 Å². The van der Waals surface area contributed by atoms with Gasteiger partial charge in [0, 0.05) is 33.1 Å². The third kappa shape index (κ3) is 3.96. The Morgan fingerprint density at radius 1 is 0.762 bits per heavy atom. The zero-order valence-electron chi connectivity index (χ0n) is 25.3. The maximum atomic E-state index is 14.2. The van der Waals surface area contributed by atoms with Crippen LogP contribution in [0, 0.1) is 0 Å². The molecule has 4 aromatic carbocycles. The van der Waals surface area contributed by atoms with E-state index in [1.54, 1.807) is 18.2 Å². The van der Waals surface area contributed by atoms with Crippen LogP contribution in [-0.2, 0) is 16.2 Å². The lowest BCUT2D eigenvalue weighted by molar-refractivity contribution is 0.0692. The molecule has 2 aliphatic rings. The maximum Gasteiger partial charge on any atom is 0.339 e. The molecule has 6 heteroatoms. The molecule has 0 aliphatic carbocycles. The second-order valence-corrected chi connectivity index (χ2v) is 14.0. The summed E-state index contributed by atoms with van der Waals surface area (Å²) in [5, 5.41) is 11.8. The van der Waals surface area contributed by atoms with Crippen molar-refractivity contribution < 1.29 is 24.2 Å². The average Bonchev–Trinajstić information content (AvgIpc) is 2.90. The van der Waals surface area contributed by atoms with E-state index in [4.69, 9.17) is 4.74 Å². The van der Waals surface area contributed by atoms with Crippen LogP contribution in [0.4, 0.5) is 5.69 Å². The first-order chi connectivity index (χ1) is 19.5. The average molecular weight is 562 g/mol. The van der Waals surface area contributed by atoms with Gasteiger partial charge in [0.15, 0.2) is 5.75 Å². The number of amides is 2. The summed E-state index contributed by atoms with van der Waals surface area (Å²) in [5.41, 5.74) is 3.28. The molecule has 0 saturated carbocycles. The Hall–Kier alpha value is -4.45. The molecule has 42 heavy (non-hydrogen) atoms. The van der Waals surface area contributed by atoms with Crippen molar-refractivity contribution >= 4 is 34.2 Å². The molecule has 0 fully saturated rings. The SMILES string of the molecule is CC(C)(C)c1cc(C(=O)O)c2c(c1)C(C)(C)c1cc(C(C)(C)C)cc(N3C(=O)c4cccc5cccc(c45)C3=O)c1O2. The van der Waals surface area contributed by atoms with Crippen LogP contribution in [0.15, 0.2) is 60.7 Å². The van der Waals surface area contributed by atoms with Gasteiger partial charge in [0.2, 0.25) is 0 Å². The van der Waals surface area contributed by atoms with Crippen LogP contribution in [0.5, 0.6) is 11.5 Å². The third-order valence-electron chi connectivity index (χ3n) is 8.68. The summed E-state index contributed by atoms with van der Waals surface area (Å²) in [6.07, 6.45) is 0. The summed E-state index contributed by atoms with van der Waals surface area (Å²) in [6, 6.07) is 18.5. The molecule has 1 N–H and O–H groups in total. The van der Waals surface area contributed by atoms with E-state index in [0.29, 0.717) is 28.0 Å². The molecule has 0 atom stereocenters. The summed E-state index contributed by atoms with van der Waals surface area (Å²) in [4.78, 5) is 42.1. The molecule has 0 aromatic heterocycles. The van der Waals surface area contributed by atoms with E-state index in [1.165, 1.54) is 4.90 Å². The summed E-state index contributed by atoms with van der Waals surface area (Å²) < 4.78 is 6.56. The van der Waals surface area contributed by atoms with Crippen LogP contribution in [0.2, 0.25) is 0 Å². The quantitative estimate of drug-likeness (QED) is 0.249. The van der Waals surface area contributed by atoms with Crippen LogP contribution in [0.25, 0.3) is 10.8 Å². The highest BCUT2D eigenvalue weighted by Gasteiger charge is 2.43. The van der Waals surface area contributed by atoms with Crippen molar-refractivity contribution in [2.24, 2.45) is 0 Å². The van der Waals surface area contributed by atoms with Crippen molar-refractivity contribution in [3.05, 3.63) is 99.6 Å². The summed E-state index contributed by atoms with van der Waals surface area (Å²) in [6.45, 7) is 16.5. The van der Waals surface area contributed by atoms with Crippen LogP contribution in [-0.4, -0.2) is 22.9 Å². The van der Waals surface area contributed by atoms with Crippen molar-refractivity contribution in [1.29, 1.82) is 0 Å². The molecule has 4 aromatic rings. The Kier molecular flexibility index (Phi) is 5.79. The number of ether oxygens (including phenoxy) is 1. The molecule has 6 rings (SSSR count). The van der Waals surface area contributed by atoms with Gasteiger partial charge in [-0.2, -0.15) is 0 Å². The number of anilines is 1. The number of aromatic carboxylic acids is 1. The minimum atomic E-state index is -1.10. The predicted molar refractivity (Wildman–Crippen MR) is 165 cm³/mol. The Morgan fingerprint density at radius 2 is 1.26 bits per heavy atom. The monoisotopic (exact) mass is 561 g/mol. The number of carboxylic acid groups (broad SMARTS) is 1. The predicted octanol–water partition coefficient (Wildman–Crippen LogP) is 8.37. The van der Waals surface area contributed by atoms with Gasteiger partial charge < -0.3 is 9.84 Å². The minimum absolute atomic E-state index is 0.0495. The topological polar surface area (TPSA) is 83.9 Å². The molecule has 0 spiro atoms. The molecule has 2 aliphatic heterocycles. The standard InChI is InChI=1S/C36H35NO5/c1-34(2,3)20-15-24(33(40)41)29-25(16-20)36(7,8)26-17-21(35(4,5)6)18-27(30(26)42-29)37-31(38)22-13-9-11-19-12-10-14-23(28(19)22)32(37)39/h9-18H,1-8H3,(H,40,41). The van der Waals surface area contributed by atoms with Crippen molar-refractivity contribution in [3.63, 3.8) is 0 Å². The Morgan fingerprint density at radius 3 is 1.76 bits per heavy atom. The molecular formula is C36H35NO5. The van der Waals surface area contributed by atoms with E-state index < -0.39 is 23.2 Å². The molecule has 2 amide bonds. The van der Waals surface area contributed by atoms with Crippen LogP contribution in [0.3, 0.4) is 0 Å². The molecule has 0 radical (unpaired) electrons. The van der Waals surface area contributed by atoms with E-state index in [0.717, 1.165) is 27.6 Å². The first-order valence-electron chi connectivity index (χ1n) is 14.2. The first kappa shape index (κ1) is 27.7. The van der Waals surface area contributed by atoms with Crippen molar-refractivity contribution in [1.82, 2.24) is 0 Å². The minimum Gasteiger partial charge on any atom is -0.478 e. The van der Waals surface area contributed by atoms with E-state index >= 15 is 0 Å². The molecule has 214 valence electrons. The molecule has 0 bridgehead atoms. The Labute approximate surface area is 245 Å². The number of imide groups is 1. The highest BCUT2D eigenvalue weighted by atomic mass is 16.5. The number of carbonyl (C=O) groups excluding carboxylic acids is 2. The zero-order chi connectivity index (χ0) is 30.5. The van der Waals surface area contributed by atoms with E-state index in [1.807, 2.05) is 71.0 Å². The lowest BCUT2D eigenvalue weighted by atomic mass is 9.71. The highest BCUT2D eigenvalue weighted by molar-refractivity contribution is 6.36. The van der Waals surface area contributed by atoms with Crippen LogP contribution < -0.4 is 9.64 Å². The van der Waals surface area contributed by atoms with E-state index in [2.05, 4.69) is 26.8 Å². The van der Waals surface area contributed by atoms with Gasteiger partial charge in [0.05, 0.1) is 5.69 Å². The van der Waals surface area contributed by atoms with Gasteiger partial charge in [-0.15, -0.1) is 0 Å². The largest absolute Gasteiger partial charge is 0.478 e. The lowest BCUT2D eigenvalue weighted by Gasteiger charge is -2.40. The number of hydrogen-bond donors (Lipinski definition) is 1. The highest BCUT2D eigenvalue weighted by Crippen LogP contribution is 2.55. The summed E-state index contributed by atoms with van der Waals surface area (Å²) in [5.74, 6) is -1.43.